The number of amidine groups is 1. The van der Waals surface area contributed by atoms with E-state index in [1.807, 2.05) is 36.4 Å². The summed E-state index contributed by atoms with van der Waals surface area (Å²) in [5.41, 5.74) is 7.16. The molecule has 2 rings (SSSR count). The minimum atomic E-state index is 0.0904. The van der Waals surface area contributed by atoms with Crippen molar-refractivity contribution in [2.45, 2.75) is 6.61 Å². The molecule has 0 fully saturated rings. The zero-order chi connectivity index (χ0) is 14.4. The lowest BCUT2D eigenvalue weighted by Gasteiger charge is -2.07. The quantitative estimate of drug-likeness (QED) is 0.379. The first-order chi connectivity index (χ1) is 9.72. The molecule has 20 heavy (non-hydrogen) atoms. The van der Waals surface area contributed by atoms with Crippen LogP contribution in [0.5, 0.6) is 11.5 Å². The van der Waals surface area contributed by atoms with Gasteiger partial charge in [-0.3, -0.25) is 0 Å². The van der Waals surface area contributed by atoms with E-state index in [0.29, 0.717) is 12.2 Å². The lowest BCUT2D eigenvalue weighted by molar-refractivity contribution is 0.305. The summed E-state index contributed by atoms with van der Waals surface area (Å²) in [5.74, 6) is 1.65. The lowest BCUT2D eigenvalue weighted by Crippen LogP contribution is -2.12. The standard InChI is InChI=1S/C15H16N2O3/c1-19-13-6-8-14(9-7-13)20-10-11-2-4-12(5-3-11)15(16)17-18/h2-9,18H,10H2,1H3,(H2,16,17). The van der Waals surface area contributed by atoms with E-state index in [0.717, 1.165) is 17.1 Å². The molecular formula is C15H16N2O3. The average Bonchev–Trinajstić information content (AvgIpc) is 2.53. The van der Waals surface area contributed by atoms with Crippen molar-refractivity contribution in [3.63, 3.8) is 0 Å². The van der Waals surface area contributed by atoms with Crippen LogP contribution in [0.15, 0.2) is 53.7 Å². The van der Waals surface area contributed by atoms with Gasteiger partial charge in [0.1, 0.15) is 18.1 Å². The molecule has 0 heterocycles. The topological polar surface area (TPSA) is 77.1 Å². The summed E-state index contributed by atoms with van der Waals surface area (Å²) >= 11 is 0. The second-order valence-electron chi connectivity index (χ2n) is 4.15. The molecule has 0 bridgehead atoms. The van der Waals surface area contributed by atoms with Crippen molar-refractivity contribution in [3.05, 3.63) is 59.7 Å². The Morgan fingerprint density at radius 3 is 2.20 bits per heavy atom. The first kappa shape index (κ1) is 13.7. The first-order valence-electron chi connectivity index (χ1n) is 6.06. The summed E-state index contributed by atoms with van der Waals surface area (Å²) in [6.07, 6.45) is 0. The molecule has 0 unspecified atom stereocenters. The van der Waals surface area contributed by atoms with Gasteiger partial charge >= 0.3 is 0 Å². The third-order valence-corrected chi connectivity index (χ3v) is 2.82. The molecule has 0 atom stereocenters. The second-order valence-corrected chi connectivity index (χ2v) is 4.15. The van der Waals surface area contributed by atoms with Gasteiger partial charge < -0.3 is 20.4 Å². The summed E-state index contributed by atoms with van der Waals surface area (Å²) in [4.78, 5) is 0. The van der Waals surface area contributed by atoms with E-state index in [2.05, 4.69) is 5.16 Å². The van der Waals surface area contributed by atoms with E-state index in [1.54, 1.807) is 19.2 Å². The largest absolute Gasteiger partial charge is 0.497 e. The van der Waals surface area contributed by atoms with Gasteiger partial charge in [-0.1, -0.05) is 29.4 Å². The fraction of sp³-hybridized carbons (Fsp3) is 0.133. The number of ether oxygens (including phenoxy) is 2. The SMILES string of the molecule is COc1ccc(OCc2ccc(/C(N)=N/O)cc2)cc1. The Morgan fingerprint density at radius 2 is 1.65 bits per heavy atom. The molecule has 0 aliphatic carbocycles. The molecule has 0 radical (unpaired) electrons. The highest BCUT2D eigenvalue weighted by molar-refractivity contribution is 5.96. The summed E-state index contributed by atoms with van der Waals surface area (Å²) in [6.45, 7) is 0.447. The fourth-order valence-electron chi connectivity index (χ4n) is 1.67. The van der Waals surface area contributed by atoms with Crippen LogP contribution < -0.4 is 15.2 Å². The van der Waals surface area contributed by atoms with Crippen molar-refractivity contribution in [1.82, 2.24) is 0 Å². The minimum Gasteiger partial charge on any atom is -0.497 e. The van der Waals surface area contributed by atoms with E-state index >= 15 is 0 Å². The van der Waals surface area contributed by atoms with Crippen LogP contribution in [0.2, 0.25) is 0 Å². The van der Waals surface area contributed by atoms with Gasteiger partial charge in [0, 0.05) is 5.56 Å². The summed E-state index contributed by atoms with van der Waals surface area (Å²) in [7, 11) is 1.62. The number of methoxy groups -OCH3 is 1. The molecule has 0 aromatic heterocycles. The lowest BCUT2D eigenvalue weighted by atomic mass is 10.1. The molecule has 0 aliphatic heterocycles. The number of hydrogen-bond donors (Lipinski definition) is 2. The predicted octanol–water partition coefficient (Wildman–Crippen LogP) is 2.37. The molecule has 0 aliphatic rings. The van der Waals surface area contributed by atoms with Gasteiger partial charge in [0.2, 0.25) is 0 Å². The van der Waals surface area contributed by atoms with Crippen molar-refractivity contribution in [1.29, 1.82) is 0 Å². The van der Waals surface area contributed by atoms with Crippen molar-refractivity contribution in [2.24, 2.45) is 10.9 Å². The summed E-state index contributed by atoms with van der Waals surface area (Å²) < 4.78 is 10.7. The van der Waals surface area contributed by atoms with Crippen LogP contribution in [0, 0.1) is 0 Å². The van der Waals surface area contributed by atoms with E-state index in [4.69, 9.17) is 20.4 Å². The first-order valence-corrected chi connectivity index (χ1v) is 6.06. The molecule has 104 valence electrons. The third kappa shape index (κ3) is 3.41. The van der Waals surface area contributed by atoms with Gasteiger partial charge in [0.05, 0.1) is 7.11 Å². The van der Waals surface area contributed by atoms with E-state index in [-0.39, 0.29) is 5.84 Å². The Balaban J connectivity index is 1.96. The predicted molar refractivity (Wildman–Crippen MR) is 76.3 cm³/mol. The maximum absolute atomic E-state index is 8.58. The van der Waals surface area contributed by atoms with Crippen molar-refractivity contribution < 1.29 is 14.7 Å². The zero-order valence-electron chi connectivity index (χ0n) is 11.1. The molecular weight excluding hydrogens is 256 g/mol. The van der Waals surface area contributed by atoms with Gasteiger partial charge in [-0.2, -0.15) is 0 Å². The summed E-state index contributed by atoms with van der Waals surface area (Å²) in [5, 5.41) is 11.5. The van der Waals surface area contributed by atoms with Gasteiger partial charge in [0.15, 0.2) is 5.84 Å². The number of rotatable bonds is 5. The molecule has 2 aromatic carbocycles. The summed E-state index contributed by atoms with van der Waals surface area (Å²) in [6, 6.07) is 14.7. The maximum atomic E-state index is 8.58. The monoisotopic (exact) mass is 272 g/mol. The number of benzene rings is 2. The maximum Gasteiger partial charge on any atom is 0.170 e. The number of hydrogen-bond acceptors (Lipinski definition) is 4. The molecule has 2 aromatic rings. The molecule has 0 saturated heterocycles. The van der Waals surface area contributed by atoms with Crippen LogP contribution in [-0.4, -0.2) is 18.2 Å². The van der Waals surface area contributed by atoms with Crippen LogP contribution >= 0.6 is 0 Å². The number of oxime groups is 1. The fourth-order valence-corrected chi connectivity index (χ4v) is 1.67. The Morgan fingerprint density at radius 1 is 1.05 bits per heavy atom. The van der Waals surface area contributed by atoms with E-state index in [1.165, 1.54) is 0 Å². The van der Waals surface area contributed by atoms with Crippen LogP contribution in [0.1, 0.15) is 11.1 Å². The number of nitrogens with zero attached hydrogens (tertiary/aromatic N) is 1. The van der Waals surface area contributed by atoms with Crippen LogP contribution in [0.3, 0.4) is 0 Å². The van der Waals surface area contributed by atoms with E-state index < -0.39 is 0 Å². The zero-order valence-corrected chi connectivity index (χ0v) is 11.1. The average molecular weight is 272 g/mol. The minimum absolute atomic E-state index is 0.0904. The molecule has 0 amide bonds. The second kappa shape index (κ2) is 6.47. The third-order valence-electron chi connectivity index (χ3n) is 2.82. The van der Waals surface area contributed by atoms with Gasteiger partial charge in [-0.05, 0) is 29.8 Å². The highest BCUT2D eigenvalue weighted by atomic mass is 16.5. The van der Waals surface area contributed by atoms with Gasteiger partial charge in [-0.15, -0.1) is 0 Å². The Kier molecular flexibility index (Phi) is 4.44. The Hall–Kier alpha value is -2.69. The highest BCUT2D eigenvalue weighted by Crippen LogP contribution is 2.18. The van der Waals surface area contributed by atoms with Gasteiger partial charge in [0.25, 0.3) is 0 Å². The van der Waals surface area contributed by atoms with Crippen LogP contribution in [-0.2, 0) is 6.61 Å². The Labute approximate surface area is 117 Å². The van der Waals surface area contributed by atoms with Crippen LogP contribution in [0.25, 0.3) is 0 Å². The van der Waals surface area contributed by atoms with E-state index in [9.17, 15) is 0 Å². The Bertz CT molecular complexity index is 577. The molecule has 5 nitrogen and oxygen atoms in total. The van der Waals surface area contributed by atoms with Gasteiger partial charge in [-0.25, -0.2) is 0 Å². The smallest absolute Gasteiger partial charge is 0.170 e. The van der Waals surface area contributed by atoms with Crippen molar-refractivity contribution in [2.75, 3.05) is 7.11 Å². The molecule has 0 spiro atoms. The van der Waals surface area contributed by atoms with Crippen LogP contribution in [0.4, 0.5) is 0 Å². The molecule has 5 heteroatoms. The molecule has 3 N–H and O–H groups in total. The molecule has 0 saturated carbocycles. The van der Waals surface area contributed by atoms with Crippen molar-refractivity contribution in [3.8, 4) is 11.5 Å². The normalized spacial score (nSPS) is 11.2. The highest BCUT2D eigenvalue weighted by Gasteiger charge is 2.00. The number of nitrogens with two attached hydrogens (primary N) is 1. The van der Waals surface area contributed by atoms with Crippen molar-refractivity contribution >= 4 is 5.84 Å².